The van der Waals surface area contributed by atoms with Gasteiger partial charge in [-0.25, -0.2) is 5.43 Å². The number of pyridine rings is 1. The van der Waals surface area contributed by atoms with Crippen molar-refractivity contribution >= 4 is 18.0 Å². The third kappa shape index (κ3) is 6.52. The Labute approximate surface area is 134 Å². The zero-order valence-electron chi connectivity index (χ0n) is 12.6. The molecule has 0 fully saturated rings. The highest BCUT2D eigenvalue weighted by Gasteiger charge is 2.05. The molecule has 0 aliphatic rings. The number of carbonyl (C=O) groups excluding carboxylic acids is 2. The Morgan fingerprint density at radius 2 is 1.83 bits per heavy atom. The molecule has 0 spiro atoms. The molecule has 0 atom stereocenters. The molecule has 2 rings (SSSR count). The van der Waals surface area contributed by atoms with Crippen molar-refractivity contribution in [3.05, 3.63) is 66.0 Å². The van der Waals surface area contributed by atoms with Gasteiger partial charge in [-0.1, -0.05) is 36.4 Å². The molecule has 6 nitrogen and oxygen atoms in total. The number of hydrazone groups is 1. The molecule has 1 aromatic heterocycles. The Hall–Kier alpha value is -3.02. The molecule has 2 N–H and O–H groups in total. The van der Waals surface area contributed by atoms with Crippen LogP contribution in [0.2, 0.25) is 0 Å². The normalized spacial score (nSPS) is 10.4. The highest BCUT2D eigenvalue weighted by Crippen LogP contribution is 1.98. The van der Waals surface area contributed by atoms with Crippen LogP contribution in [0.1, 0.15) is 24.0 Å². The molecule has 0 radical (unpaired) electrons. The standard InChI is InChI=1S/C17H18N4O2/c22-16(19-12-14-5-2-1-3-6-14)8-9-17(23)21-20-13-15-7-4-10-18-11-15/h1-7,10-11,13H,8-9,12H2,(H,19,22)(H,21,23)/b20-13+. The molecule has 0 saturated heterocycles. The largest absolute Gasteiger partial charge is 0.352 e. The number of hydrogen-bond acceptors (Lipinski definition) is 4. The molecule has 2 aromatic rings. The quantitative estimate of drug-likeness (QED) is 0.602. The van der Waals surface area contributed by atoms with Gasteiger partial charge in [-0.2, -0.15) is 5.10 Å². The monoisotopic (exact) mass is 310 g/mol. The predicted molar refractivity (Wildman–Crippen MR) is 87.5 cm³/mol. The van der Waals surface area contributed by atoms with E-state index in [1.54, 1.807) is 18.5 Å². The summed E-state index contributed by atoms with van der Waals surface area (Å²) < 4.78 is 0. The van der Waals surface area contributed by atoms with E-state index in [-0.39, 0.29) is 24.7 Å². The first-order valence-electron chi connectivity index (χ1n) is 7.26. The molecule has 23 heavy (non-hydrogen) atoms. The Balaban J connectivity index is 1.64. The van der Waals surface area contributed by atoms with Crippen LogP contribution in [0.25, 0.3) is 0 Å². The minimum Gasteiger partial charge on any atom is -0.352 e. The molecule has 1 heterocycles. The summed E-state index contributed by atoms with van der Waals surface area (Å²) in [4.78, 5) is 27.2. The Bertz CT molecular complexity index is 657. The second-order valence-corrected chi connectivity index (χ2v) is 4.84. The highest BCUT2D eigenvalue weighted by molar-refractivity contribution is 5.85. The summed E-state index contributed by atoms with van der Waals surface area (Å²) in [6.45, 7) is 0.459. The first-order valence-corrected chi connectivity index (χ1v) is 7.26. The molecule has 1 aromatic carbocycles. The summed E-state index contributed by atoms with van der Waals surface area (Å²) in [5.74, 6) is -0.472. The lowest BCUT2D eigenvalue weighted by atomic mass is 10.2. The first-order chi connectivity index (χ1) is 11.2. The van der Waals surface area contributed by atoms with Crippen LogP contribution in [0, 0.1) is 0 Å². The fourth-order valence-electron chi connectivity index (χ4n) is 1.80. The van der Waals surface area contributed by atoms with E-state index in [2.05, 4.69) is 20.8 Å². The fourth-order valence-corrected chi connectivity index (χ4v) is 1.80. The van der Waals surface area contributed by atoms with Crippen molar-refractivity contribution in [2.75, 3.05) is 0 Å². The van der Waals surface area contributed by atoms with Gasteiger partial charge in [0.15, 0.2) is 0 Å². The summed E-state index contributed by atoms with van der Waals surface area (Å²) >= 11 is 0. The number of carbonyl (C=O) groups is 2. The molecule has 0 saturated carbocycles. The zero-order chi connectivity index (χ0) is 16.3. The van der Waals surface area contributed by atoms with Crippen LogP contribution in [-0.2, 0) is 16.1 Å². The van der Waals surface area contributed by atoms with E-state index >= 15 is 0 Å². The molecule has 118 valence electrons. The summed E-state index contributed by atoms with van der Waals surface area (Å²) in [6, 6.07) is 13.2. The summed E-state index contributed by atoms with van der Waals surface area (Å²) in [5, 5.41) is 6.59. The van der Waals surface area contributed by atoms with Gasteiger partial charge in [-0.3, -0.25) is 14.6 Å². The van der Waals surface area contributed by atoms with Gasteiger partial charge in [-0.15, -0.1) is 0 Å². The predicted octanol–water partition coefficient (Wildman–Crippen LogP) is 1.63. The molecule has 0 unspecified atom stereocenters. The third-order valence-electron chi connectivity index (χ3n) is 3.00. The number of benzene rings is 1. The van der Waals surface area contributed by atoms with E-state index in [0.717, 1.165) is 11.1 Å². The minimum absolute atomic E-state index is 0.0883. The van der Waals surface area contributed by atoms with Crippen molar-refractivity contribution in [1.29, 1.82) is 0 Å². The van der Waals surface area contributed by atoms with Crippen LogP contribution >= 0.6 is 0 Å². The number of rotatable bonds is 7. The van der Waals surface area contributed by atoms with Crippen molar-refractivity contribution in [3.8, 4) is 0 Å². The van der Waals surface area contributed by atoms with Crippen molar-refractivity contribution < 1.29 is 9.59 Å². The van der Waals surface area contributed by atoms with E-state index in [4.69, 9.17) is 0 Å². The SMILES string of the molecule is O=C(CCC(=O)N/N=C/c1cccnc1)NCc1ccccc1. The van der Waals surface area contributed by atoms with E-state index in [1.807, 2.05) is 36.4 Å². The van der Waals surface area contributed by atoms with Crippen molar-refractivity contribution in [2.24, 2.45) is 5.10 Å². The molecule has 6 heteroatoms. The second kappa shape index (κ2) is 9.09. The van der Waals surface area contributed by atoms with Gasteiger partial charge >= 0.3 is 0 Å². The molecular weight excluding hydrogens is 292 g/mol. The van der Waals surface area contributed by atoms with E-state index in [0.29, 0.717) is 6.54 Å². The van der Waals surface area contributed by atoms with Crippen LogP contribution in [0.15, 0.2) is 60.0 Å². The number of nitrogens with zero attached hydrogens (tertiary/aromatic N) is 2. The molecule has 0 aliphatic carbocycles. The average Bonchev–Trinajstić information content (AvgIpc) is 2.60. The first kappa shape index (κ1) is 16.4. The Morgan fingerprint density at radius 1 is 1.04 bits per heavy atom. The zero-order valence-corrected chi connectivity index (χ0v) is 12.6. The van der Waals surface area contributed by atoms with Crippen molar-refractivity contribution in [2.45, 2.75) is 19.4 Å². The maximum Gasteiger partial charge on any atom is 0.240 e. The molecule has 2 amide bonds. The molecule has 0 aliphatic heterocycles. The van der Waals surface area contributed by atoms with E-state index < -0.39 is 0 Å². The lowest BCUT2D eigenvalue weighted by molar-refractivity contribution is -0.126. The molecule has 0 bridgehead atoms. The Morgan fingerprint density at radius 3 is 2.57 bits per heavy atom. The average molecular weight is 310 g/mol. The van der Waals surface area contributed by atoms with Gasteiger partial charge < -0.3 is 5.32 Å². The van der Waals surface area contributed by atoms with Crippen LogP contribution < -0.4 is 10.7 Å². The summed E-state index contributed by atoms with van der Waals surface area (Å²) in [5.41, 5.74) is 4.19. The van der Waals surface area contributed by atoms with Gasteiger partial charge in [0.1, 0.15) is 0 Å². The maximum atomic E-state index is 11.7. The van der Waals surface area contributed by atoms with Gasteiger partial charge in [0.2, 0.25) is 11.8 Å². The summed E-state index contributed by atoms with van der Waals surface area (Å²) in [7, 11) is 0. The van der Waals surface area contributed by atoms with Gasteiger partial charge in [0.25, 0.3) is 0 Å². The van der Waals surface area contributed by atoms with E-state index in [9.17, 15) is 9.59 Å². The van der Waals surface area contributed by atoms with Crippen LogP contribution in [0.5, 0.6) is 0 Å². The second-order valence-electron chi connectivity index (χ2n) is 4.84. The van der Waals surface area contributed by atoms with Crippen LogP contribution in [-0.4, -0.2) is 23.0 Å². The van der Waals surface area contributed by atoms with Gasteiger partial charge in [0, 0.05) is 37.3 Å². The number of nitrogens with one attached hydrogen (secondary N) is 2. The summed E-state index contributed by atoms with van der Waals surface area (Å²) in [6.07, 6.45) is 5.00. The minimum atomic E-state index is -0.306. The lowest BCUT2D eigenvalue weighted by Crippen LogP contribution is -2.25. The van der Waals surface area contributed by atoms with Crippen molar-refractivity contribution in [3.63, 3.8) is 0 Å². The Kier molecular flexibility index (Phi) is 6.46. The highest BCUT2D eigenvalue weighted by atomic mass is 16.2. The smallest absolute Gasteiger partial charge is 0.240 e. The maximum absolute atomic E-state index is 11.7. The van der Waals surface area contributed by atoms with Crippen LogP contribution in [0.4, 0.5) is 0 Å². The van der Waals surface area contributed by atoms with Gasteiger partial charge in [0.05, 0.1) is 6.21 Å². The van der Waals surface area contributed by atoms with Gasteiger partial charge in [-0.05, 0) is 11.6 Å². The molecular formula is C17H18N4O2. The third-order valence-corrected chi connectivity index (χ3v) is 3.00. The van der Waals surface area contributed by atoms with Crippen molar-refractivity contribution in [1.82, 2.24) is 15.7 Å². The lowest BCUT2D eigenvalue weighted by Gasteiger charge is -2.04. The van der Waals surface area contributed by atoms with Crippen LogP contribution in [0.3, 0.4) is 0 Å². The number of hydrogen-bond donors (Lipinski definition) is 2. The van der Waals surface area contributed by atoms with E-state index in [1.165, 1.54) is 6.21 Å². The fraction of sp³-hybridized carbons (Fsp3) is 0.176. The topological polar surface area (TPSA) is 83.5 Å². The number of amides is 2. The number of aromatic nitrogens is 1.